The number of benzene rings is 7. The van der Waals surface area contributed by atoms with E-state index in [1.807, 2.05) is 0 Å². The molecule has 7 aromatic rings. The van der Waals surface area contributed by atoms with Gasteiger partial charge in [0.25, 0.3) is 0 Å². The molecular formula is C50H45N. The number of hydrogen-bond donors (Lipinski definition) is 0. The normalized spacial score (nSPS) is 14.9. The van der Waals surface area contributed by atoms with E-state index < -0.39 is 0 Å². The van der Waals surface area contributed by atoms with Gasteiger partial charge in [0.2, 0.25) is 0 Å². The molecular weight excluding hydrogens is 615 g/mol. The van der Waals surface area contributed by atoms with Crippen molar-refractivity contribution in [3.05, 3.63) is 173 Å². The van der Waals surface area contributed by atoms with E-state index in [4.69, 9.17) is 0 Å². The zero-order valence-electron chi connectivity index (χ0n) is 30.8. The van der Waals surface area contributed by atoms with Crippen LogP contribution in [0.25, 0.3) is 44.2 Å². The third kappa shape index (κ3) is 4.53. The van der Waals surface area contributed by atoms with Crippen molar-refractivity contribution in [3.8, 4) is 33.4 Å². The average molecular weight is 660 g/mol. The highest BCUT2D eigenvalue weighted by Crippen LogP contribution is 2.65. The fourth-order valence-corrected chi connectivity index (χ4v) is 9.45. The van der Waals surface area contributed by atoms with E-state index in [0.717, 1.165) is 5.69 Å². The van der Waals surface area contributed by atoms with E-state index in [-0.39, 0.29) is 16.2 Å². The molecule has 51 heavy (non-hydrogen) atoms. The van der Waals surface area contributed by atoms with Crippen molar-refractivity contribution in [1.29, 1.82) is 0 Å². The molecule has 1 nitrogen and oxygen atoms in total. The minimum atomic E-state index is -0.242. The second-order valence-corrected chi connectivity index (χ2v) is 16.6. The lowest BCUT2D eigenvalue weighted by Crippen LogP contribution is -2.27. The van der Waals surface area contributed by atoms with Crippen molar-refractivity contribution in [2.45, 2.75) is 64.7 Å². The van der Waals surface area contributed by atoms with E-state index in [9.17, 15) is 0 Å². The lowest BCUT2D eigenvalue weighted by atomic mass is 9.70. The smallest absolute Gasteiger partial charge is 0.0556 e. The van der Waals surface area contributed by atoms with Gasteiger partial charge in [-0.3, -0.25) is 0 Å². The summed E-state index contributed by atoms with van der Waals surface area (Å²) >= 11 is 0. The van der Waals surface area contributed by atoms with Gasteiger partial charge in [-0.15, -0.1) is 0 Å². The molecule has 1 heteroatoms. The van der Waals surface area contributed by atoms with E-state index in [2.05, 4.69) is 199 Å². The highest BCUT2D eigenvalue weighted by Gasteiger charge is 2.50. The molecule has 0 saturated heterocycles. The summed E-state index contributed by atoms with van der Waals surface area (Å²) in [5.41, 5.74) is 18.2. The van der Waals surface area contributed by atoms with Crippen LogP contribution in [0.1, 0.15) is 76.3 Å². The Labute approximate surface area is 303 Å². The van der Waals surface area contributed by atoms with Gasteiger partial charge in [-0.25, -0.2) is 0 Å². The molecule has 0 bridgehead atoms. The summed E-state index contributed by atoms with van der Waals surface area (Å²) in [4.78, 5) is 2.63. The maximum Gasteiger partial charge on any atom is 0.0556 e. The van der Waals surface area contributed by atoms with Crippen LogP contribution >= 0.6 is 0 Å². The Kier molecular flexibility index (Phi) is 6.84. The van der Waals surface area contributed by atoms with Crippen molar-refractivity contribution < 1.29 is 0 Å². The molecule has 2 aliphatic carbocycles. The van der Waals surface area contributed by atoms with Gasteiger partial charge in [0.1, 0.15) is 0 Å². The first-order valence-corrected chi connectivity index (χ1v) is 18.4. The molecule has 0 unspecified atom stereocenters. The largest absolute Gasteiger partial charge is 0.309 e. The number of anilines is 3. The minimum absolute atomic E-state index is 0.102. The number of rotatable bonds is 4. The van der Waals surface area contributed by atoms with Crippen molar-refractivity contribution >= 4 is 27.8 Å². The van der Waals surface area contributed by atoms with Crippen LogP contribution in [0.15, 0.2) is 146 Å². The monoisotopic (exact) mass is 659 g/mol. The van der Waals surface area contributed by atoms with Crippen molar-refractivity contribution in [2.75, 3.05) is 4.90 Å². The van der Waals surface area contributed by atoms with E-state index in [1.165, 1.54) is 83.3 Å². The lowest BCUT2D eigenvalue weighted by Gasteiger charge is -2.39. The molecule has 0 amide bonds. The fourth-order valence-electron chi connectivity index (χ4n) is 9.45. The standard InChI is InChI=1S/C50H45N/c1-48(2,3)44-42-37-23-13-15-25-39(37)49(4,5)45(42)47(46-43(44)38-24-14-16-26-40(38)50(46,6)7)51(41-27-17-21-34-20-11-12-22-36(34)41)35-30-28-33(29-31-35)32-18-9-8-10-19-32/h8-31H,1-7H3. The van der Waals surface area contributed by atoms with Crippen LogP contribution < -0.4 is 4.90 Å². The van der Waals surface area contributed by atoms with Crippen molar-refractivity contribution in [3.63, 3.8) is 0 Å². The first-order valence-electron chi connectivity index (χ1n) is 18.4. The summed E-state index contributed by atoms with van der Waals surface area (Å²) in [7, 11) is 0. The molecule has 0 fully saturated rings. The molecule has 250 valence electrons. The van der Waals surface area contributed by atoms with Crippen molar-refractivity contribution in [2.24, 2.45) is 0 Å². The lowest BCUT2D eigenvalue weighted by molar-refractivity contribution is 0.587. The zero-order valence-corrected chi connectivity index (χ0v) is 30.8. The quantitative estimate of drug-likeness (QED) is 0.182. The van der Waals surface area contributed by atoms with Crippen molar-refractivity contribution in [1.82, 2.24) is 0 Å². The molecule has 2 aliphatic rings. The first-order chi connectivity index (χ1) is 24.5. The van der Waals surface area contributed by atoms with E-state index in [1.54, 1.807) is 0 Å². The summed E-state index contributed by atoms with van der Waals surface area (Å²) < 4.78 is 0. The van der Waals surface area contributed by atoms with Crippen LogP contribution in [0.4, 0.5) is 17.1 Å². The highest BCUT2D eigenvalue weighted by atomic mass is 15.2. The predicted octanol–water partition coefficient (Wildman–Crippen LogP) is 13.9. The maximum absolute atomic E-state index is 2.63. The molecule has 0 saturated carbocycles. The van der Waals surface area contributed by atoms with Crippen LogP contribution in [-0.2, 0) is 16.2 Å². The van der Waals surface area contributed by atoms with Gasteiger partial charge in [-0.2, -0.15) is 0 Å². The van der Waals surface area contributed by atoms with E-state index in [0.29, 0.717) is 0 Å². The first kappa shape index (κ1) is 31.6. The van der Waals surface area contributed by atoms with Gasteiger partial charge in [-0.1, -0.05) is 176 Å². The van der Waals surface area contributed by atoms with Crippen LogP contribution in [0, 0.1) is 0 Å². The summed E-state index contributed by atoms with van der Waals surface area (Å²) in [6, 6.07) is 54.0. The highest BCUT2D eigenvalue weighted by molar-refractivity contribution is 6.06. The van der Waals surface area contributed by atoms with Crippen LogP contribution in [0.2, 0.25) is 0 Å². The molecule has 0 spiro atoms. The fraction of sp³-hybridized carbons (Fsp3) is 0.200. The summed E-state index contributed by atoms with van der Waals surface area (Å²) in [5, 5.41) is 2.49. The van der Waals surface area contributed by atoms with Gasteiger partial charge < -0.3 is 4.90 Å². The third-order valence-corrected chi connectivity index (χ3v) is 11.7. The zero-order chi connectivity index (χ0) is 35.3. The van der Waals surface area contributed by atoms with Gasteiger partial charge in [0.15, 0.2) is 0 Å². The second kappa shape index (κ2) is 11.0. The van der Waals surface area contributed by atoms with Crippen LogP contribution in [-0.4, -0.2) is 0 Å². The van der Waals surface area contributed by atoms with Gasteiger partial charge >= 0.3 is 0 Å². The molecule has 7 aromatic carbocycles. The Bertz CT molecular complexity index is 2400. The summed E-state index contributed by atoms with van der Waals surface area (Å²) in [5.74, 6) is 0. The summed E-state index contributed by atoms with van der Waals surface area (Å²) in [6.07, 6.45) is 0. The maximum atomic E-state index is 2.63. The Morgan fingerprint density at radius 2 is 0.961 bits per heavy atom. The Balaban J connectivity index is 1.48. The molecule has 9 rings (SSSR count). The van der Waals surface area contributed by atoms with Crippen LogP contribution in [0.3, 0.4) is 0 Å². The predicted molar refractivity (Wildman–Crippen MR) is 218 cm³/mol. The Hall–Kier alpha value is -5.40. The Morgan fingerprint density at radius 1 is 0.471 bits per heavy atom. The number of fused-ring (bicyclic) bond motifs is 7. The minimum Gasteiger partial charge on any atom is -0.309 e. The topological polar surface area (TPSA) is 3.24 Å². The van der Waals surface area contributed by atoms with Gasteiger partial charge in [-0.05, 0) is 90.2 Å². The molecule has 0 N–H and O–H groups in total. The molecule has 0 atom stereocenters. The molecule has 0 aromatic heterocycles. The van der Waals surface area contributed by atoms with Gasteiger partial charge in [0.05, 0.1) is 11.4 Å². The Morgan fingerprint density at radius 3 is 1.55 bits per heavy atom. The van der Waals surface area contributed by atoms with E-state index >= 15 is 0 Å². The SMILES string of the molecule is CC(C)(C)c1c2c(c(N(c3ccc(-c4ccccc4)cc3)c3cccc4ccccc34)c3c1-c1ccccc1C3(C)C)C(C)(C)c1ccccc1-2. The molecule has 0 aliphatic heterocycles. The second-order valence-electron chi connectivity index (χ2n) is 16.6. The third-order valence-electron chi connectivity index (χ3n) is 11.7. The van der Waals surface area contributed by atoms with Gasteiger partial charge in [0, 0.05) is 21.9 Å². The summed E-state index contributed by atoms with van der Waals surface area (Å²) in [6.45, 7) is 17.0. The molecule has 0 heterocycles. The van der Waals surface area contributed by atoms with Crippen LogP contribution in [0.5, 0.6) is 0 Å². The average Bonchev–Trinajstić information content (AvgIpc) is 3.52. The molecule has 0 radical (unpaired) electrons. The number of hydrogen-bond acceptors (Lipinski definition) is 1. The number of nitrogens with zero attached hydrogens (tertiary/aromatic N) is 1.